The summed E-state index contributed by atoms with van der Waals surface area (Å²) in [4.78, 5) is 0. The van der Waals surface area contributed by atoms with Crippen molar-refractivity contribution in [2.75, 3.05) is 13.7 Å². The Kier molecular flexibility index (Phi) is 4.19. The Bertz CT molecular complexity index is 684. The lowest BCUT2D eigenvalue weighted by atomic mass is 9.98. The number of aryl methyl sites for hydroxylation is 1. The van der Waals surface area contributed by atoms with Gasteiger partial charge in [-0.05, 0) is 48.9 Å². The van der Waals surface area contributed by atoms with Gasteiger partial charge in [-0.1, -0.05) is 36.9 Å². The van der Waals surface area contributed by atoms with Crippen LogP contribution in [0.15, 0.2) is 49.0 Å². The lowest BCUT2D eigenvalue weighted by Crippen LogP contribution is -2.01. The number of rotatable bonds is 6. The van der Waals surface area contributed by atoms with Gasteiger partial charge in [0.2, 0.25) is 0 Å². The summed E-state index contributed by atoms with van der Waals surface area (Å²) >= 11 is 0. The van der Waals surface area contributed by atoms with Crippen LogP contribution in [-0.2, 0) is 4.74 Å². The summed E-state index contributed by atoms with van der Waals surface area (Å²) in [6, 6.07) is 14.6. The zero-order chi connectivity index (χ0) is 15.5. The van der Waals surface area contributed by atoms with E-state index < -0.39 is 0 Å². The summed E-state index contributed by atoms with van der Waals surface area (Å²) in [6.07, 6.45) is 2.56. The van der Waals surface area contributed by atoms with Gasteiger partial charge in [0.25, 0.3) is 0 Å². The summed E-state index contributed by atoms with van der Waals surface area (Å²) in [5, 5.41) is 0. The van der Waals surface area contributed by atoms with E-state index >= 15 is 0 Å². The smallest absolute Gasteiger partial charge is 0.127 e. The van der Waals surface area contributed by atoms with Crippen LogP contribution in [0.4, 0.5) is 0 Å². The molecule has 0 saturated heterocycles. The number of hydrogen-bond donors (Lipinski definition) is 0. The number of benzene rings is 2. The van der Waals surface area contributed by atoms with Crippen molar-refractivity contribution in [1.29, 1.82) is 0 Å². The van der Waals surface area contributed by atoms with Gasteiger partial charge in [0.1, 0.15) is 11.5 Å². The SMILES string of the molecule is C=C(OC)c1ccc(-c2ccccc2C)c(OCC2CC2)c1. The molecule has 114 valence electrons. The van der Waals surface area contributed by atoms with E-state index in [0.717, 1.165) is 29.4 Å². The zero-order valence-corrected chi connectivity index (χ0v) is 13.3. The summed E-state index contributed by atoms with van der Waals surface area (Å²) in [7, 11) is 1.64. The van der Waals surface area contributed by atoms with Crippen molar-refractivity contribution in [3.8, 4) is 16.9 Å². The van der Waals surface area contributed by atoms with Crippen LogP contribution in [-0.4, -0.2) is 13.7 Å². The summed E-state index contributed by atoms with van der Waals surface area (Å²) in [6.45, 7) is 6.85. The standard InChI is InChI=1S/C20H22O2/c1-14-6-4-5-7-18(14)19-11-10-17(15(2)21-3)12-20(19)22-13-16-8-9-16/h4-7,10-12,16H,2,8-9,13H2,1,3H3. The van der Waals surface area contributed by atoms with E-state index in [9.17, 15) is 0 Å². The molecule has 2 nitrogen and oxygen atoms in total. The Morgan fingerprint density at radius 3 is 2.59 bits per heavy atom. The van der Waals surface area contributed by atoms with Gasteiger partial charge in [0.05, 0.1) is 13.7 Å². The fraction of sp³-hybridized carbons (Fsp3) is 0.300. The quantitative estimate of drug-likeness (QED) is 0.693. The molecule has 0 unspecified atom stereocenters. The minimum atomic E-state index is 0.660. The van der Waals surface area contributed by atoms with Crippen molar-refractivity contribution in [3.05, 3.63) is 60.2 Å². The maximum Gasteiger partial charge on any atom is 0.127 e. The van der Waals surface area contributed by atoms with Crippen molar-refractivity contribution >= 4 is 5.76 Å². The number of hydrogen-bond acceptors (Lipinski definition) is 2. The Balaban J connectivity index is 1.99. The molecule has 1 fully saturated rings. The normalized spacial score (nSPS) is 13.7. The predicted octanol–water partition coefficient (Wildman–Crippen LogP) is 5.07. The van der Waals surface area contributed by atoms with Gasteiger partial charge in [-0.15, -0.1) is 0 Å². The van der Waals surface area contributed by atoms with Crippen LogP contribution in [0.5, 0.6) is 5.75 Å². The first kappa shape index (κ1) is 14.7. The lowest BCUT2D eigenvalue weighted by Gasteiger charge is -2.15. The molecule has 0 aliphatic heterocycles. The highest BCUT2D eigenvalue weighted by atomic mass is 16.5. The molecular formula is C20H22O2. The number of ether oxygens (including phenoxy) is 2. The summed E-state index contributed by atoms with van der Waals surface area (Å²) in [5.74, 6) is 2.29. The molecule has 2 heteroatoms. The lowest BCUT2D eigenvalue weighted by molar-refractivity contribution is 0.300. The maximum absolute atomic E-state index is 6.11. The molecule has 0 amide bonds. The van der Waals surface area contributed by atoms with Gasteiger partial charge in [-0.3, -0.25) is 0 Å². The molecule has 0 bridgehead atoms. The molecule has 1 aliphatic carbocycles. The average molecular weight is 294 g/mol. The highest BCUT2D eigenvalue weighted by Gasteiger charge is 2.23. The third kappa shape index (κ3) is 3.16. The van der Waals surface area contributed by atoms with Crippen LogP contribution in [0.3, 0.4) is 0 Å². The highest BCUT2D eigenvalue weighted by Crippen LogP contribution is 2.36. The fourth-order valence-corrected chi connectivity index (χ4v) is 2.52. The van der Waals surface area contributed by atoms with E-state index in [1.807, 2.05) is 12.1 Å². The van der Waals surface area contributed by atoms with Gasteiger partial charge in [0, 0.05) is 11.1 Å². The Morgan fingerprint density at radius 1 is 1.14 bits per heavy atom. The third-order valence-electron chi connectivity index (χ3n) is 4.16. The van der Waals surface area contributed by atoms with Crippen LogP contribution < -0.4 is 4.74 Å². The Hall–Kier alpha value is -2.22. The minimum Gasteiger partial charge on any atom is -0.497 e. The molecule has 3 rings (SSSR count). The van der Waals surface area contributed by atoms with Gasteiger partial charge in [-0.2, -0.15) is 0 Å². The van der Waals surface area contributed by atoms with E-state index in [4.69, 9.17) is 9.47 Å². The third-order valence-corrected chi connectivity index (χ3v) is 4.16. The molecule has 1 aliphatic rings. The molecule has 2 aromatic carbocycles. The molecule has 0 spiro atoms. The highest BCUT2D eigenvalue weighted by molar-refractivity contribution is 5.76. The van der Waals surface area contributed by atoms with E-state index in [-0.39, 0.29) is 0 Å². The Labute approximate surface area is 132 Å². The number of methoxy groups -OCH3 is 1. The molecule has 0 radical (unpaired) electrons. The summed E-state index contributed by atoms with van der Waals surface area (Å²) in [5.41, 5.74) is 4.55. The van der Waals surface area contributed by atoms with Gasteiger partial charge in [-0.25, -0.2) is 0 Å². The van der Waals surface area contributed by atoms with Crippen LogP contribution in [0.1, 0.15) is 24.0 Å². The van der Waals surface area contributed by atoms with Crippen molar-refractivity contribution in [2.24, 2.45) is 5.92 Å². The molecule has 0 N–H and O–H groups in total. The average Bonchev–Trinajstić information content (AvgIpc) is 3.37. The van der Waals surface area contributed by atoms with Gasteiger partial charge >= 0.3 is 0 Å². The zero-order valence-electron chi connectivity index (χ0n) is 13.3. The minimum absolute atomic E-state index is 0.660. The van der Waals surface area contributed by atoms with Crippen LogP contribution in [0.2, 0.25) is 0 Å². The van der Waals surface area contributed by atoms with E-state index in [1.54, 1.807) is 7.11 Å². The van der Waals surface area contributed by atoms with Crippen LogP contribution in [0.25, 0.3) is 16.9 Å². The Morgan fingerprint density at radius 2 is 1.91 bits per heavy atom. The fourth-order valence-electron chi connectivity index (χ4n) is 2.52. The monoisotopic (exact) mass is 294 g/mol. The first-order chi connectivity index (χ1) is 10.7. The van der Waals surface area contributed by atoms with Crippen molar-refractivity contribution in [1.82, 2.24) is 0 Å². The molecule has 0 atom stereocenters. The molecular weight excluding hydrogens is 272 g/mol. The van der Waals surface area contributed by atoms with Crippen LogP contribution in [0, 0.1) is 12.8 Å². The largest absolute Gasteiger partial charge is 0.497 e. The predicted molar refractivity (Wildman–Crippen MR) is 90.9 cm³/mol. The topological polar surface area (TPSA) is 18.5 Å². The van der Waals surface area contributed by atoms with E-state index in [2.05, 4.69) is 43.8 Å². The molecule has 2 aromatic rings. The van der Waals surface area contributed by atoms with Gasteiger partial charge < -0.3 is 9.47 Å². The maximum atomic E-state index is 6.11. The second-order valence-corrected chi connectivity index (χ2v) is 5.91. The van der Waals surface area contributed by atoms with Crippen molar-refractivity contribution in [3.63, 3.8) is 0 Å². The second-order valence-electron chi connectivity index (χ2n) is 5.91. The van der Waals surface area contributed by atoms with Crippen molar-refractivity contribution < 1.29 is 9.47 Å². The molecule has 1 saturated carbocycles. The summed E-state index contributed by atoms with van der Waals surface area (Å²) < 4.78 is 11.4. The first-order valence-corrected chi connectivity index (χ1v) is 7.75. The second kappa shape index (κ2) is 6.27. The molecule has 0 aromatic heterocycles. The first-order valence-electron chi connectivity index (χ1n) is 7.75. The van der Waals surface area contributed by atoms with Gasteiger partial charge in [0.15, 0.2) is 0 Å². The van der Waals surface area contributed by atoms with E-state index in [0.29, 0.717) is 5.76 Å². The van der Waals surface area contributed by atoms with Crippen molar-refractivity contribution in [2.45, 2.75) is 19.8 Å². The molecule has 22 heavy (non-hydrogen) atoms. The molecule has 0 heterocycles. The van der Waals surface area contributed by atoms with E-state index in [1.165, 1.54) is 24.0 Å². The van der Waals surface area contributed by atoms with Crippen LogP contribution >= 0.6 is 0 Å².